The first-order valence-electron chi connectivity index (χ1n) is 5.69. The van der Waals surface area contributed by atoms with Crippen LogP contribution in [-0.2, 0) is 0 Å². The van der Waals surface area contributed by atoms with Gasteiger partial charge in [0.1, 0.15) is 5.03 Å². The number of aromatic nitrogens is 1. The average molecular weight is 294 g/mol. The first-order chi connectivity index (χ1) is 9.22. The molecule has 19 heavy (non-hydrogen) atoms. The summed E-state index contributed by atoms with van der Waals surface area (Å²) >= 11 is 2.94. The molecule has 0 radical (unpaired) electrons. The Balaban J connectivity index is 1.98. The highest BCUT2D eigenvalue weighted by Gasteiger charge is 2.14. The third-order valence-corrected chi connectivity index (χ3v) is 4.01. The van der Waals surface area contributed by atoms with Gasteiger partial charge in [-0.3, -0.25) is 4.79 Å². The predicted molar refractivity (Wildman–Crippen MR) is 77.6 cm³/mol. The van der Waals surface area contributed by atoms with Crippen LogP contribution in [0, 0.1) is 0 Å². The summed E-state index contributed by atoms with van der Waals surface area (Å²) in [5.74, 6) is -0.216. The first-order valence-corrected chi connectivity index (χ1v) is 7.86. The van der Waals surface area contributed by atoms with E-state index in [9.17, 15) is 9.90 Å². The molecule has 2 rings (SSSR count). The molecular formula is C13H14N2O2S2. The van der Waals surface area contributed by atoms with E-state index in [0.717, 1.165) is 5.56 Å². The highest BCUT2D eigenvalue weighted by atomic mass is 32.2. The summed E-state index contributed by atoms with van der Waals surface area (Å²) in [7, 11) is 0. The number of hydrogen-bond acceptors (Lipinski definition) is 5. The molecule has 0 aliphatic carbocycles. The molecule has 0 saturated carbocycles. The van der Waals surface area contributed by atoms with Gasteiger partial charge >= 0.3 is 0 Å². The molecule has 0 fully saturated rings. The molecule has 1 atom stereocenters. The molecule has 100 valence electrons. The maximum atomic E-state index is 12.0. The Hall–Kier alpha value is -1.37. The summed E-state index contributed by atoms with van der Waals surface area (Å²) in [4.78, 5) is 16.2. The van der Waals surface area contributed by atoms with Gasteiger partial charge in [-0.15, -0.1) is 11.8 Å². The monoisotopic (exact) mass is 294 g/mol. The van der Waals surface area contributed by atoms with E-state index in [1.165, 1.54) is 23.1 Å². The number of carbonyl (C=O) groups excluding carboxylic acids is 1. The number of pyridine rings is 1. The summed E-state index contributed by atoms with van der Waals surface area (Å²) in [5.41, 5.74) is 1.36. The SMILES string of the molecule is CSc1ncccc1C(=O)NC[C@@H](O)c1ccsc1. The lowest BCUT2D eigenvalue weighted by Crippen LogP contribution is -2.28. The van der Waals surface area contributed by atoms with E-state index in [4.69, 9.17) is 0 Å². The number of thiophene rings is 1. The Morgan fingerprint density at radius 2 is 2.42 bits per heavy atom. The van der Waals surface area contributed by atoms with Crippen LogP contribution in [0.2, 0.25) is 0 Å². The Bertz CT molecular complexity index is 543. The molecule has 2 N–H and O–H groups in total. The molecule has 2 aromatic heterocycles. The Morgan fingerprint density at radius 3 is 3.11 bits per heavy atom. The van der Waals surface area contributed by atoms with Crippen molar-refractivity contribution in [2.75, 3.05) is 12.8 Å². The van der Waals surface area contributed by atoms with E-state index in [1.807, 2.05) is 23.1 Å². The largest absolute Gasteiger partial charge is 0.387 e. The number of thioether (sulfide) groups is 1. The zero-order valence-corrected chi connectivity index (χ0v) is 12.0. The third kappa shape index (κ3) is 3.56. The van der Waals surface area contributed by atoms with Gasteiger partial charge in [-0.05, 0) is 40.8 Å². The number of nitrogens with zero attached hydrogens (tertiary/aromatic N) is 1. The minimum Gasteiger partial charge on any atom is -0.387 e. The fourth-order valence-corrected chi connectivity index (χ4v) is 2.85. The van der Waals surface area contributed by atoms with Gasteiger partial charge in [-0.2, -0.15) is 11.3 Å². The topological polar surface area (TPSA) is 62.2 Å². The predicted octanol–water partition coefficient (Wildman–Crippen LogP) is 2.33. The number of aliphatic hydroxyl groups is 1. The second-order valence-electron chi connectivity index (χ2n) is 3.84. The molecule has 0 unspecified atom stereocenters. The smallest absolute Gasteiger partial charge is 0.254 e. The fraction of sp³-hybridized carbons (Fsp3) is 0.231. The lowest BCUT2D eigenvalue weighted by molar-refractivity contribution is 0.0913. The van der Waals surface area contributed by atoms with E-state index in [0.29, 0.717) is 10.6 Å². The molecule has 2 heterocycles. The van der Waals surface area contributed by atoms with Crippen LogP contribution in [0.4, 0.5) is 0 Å². The summed E-state index contributed by atoms with van der Waals surface area (Å²) < 4.78 is 0. The molecule has 1 amide bonds. The molecule has 4 nitrogen and oxygen atoms in total. The van der Waals surface area contributed by atoms with Crippen molar-refractivity contribution in [3.63, 3.8) is 0 Å². The van der Waals surface area contributed by atoms with Crippen LogP contribution < -0.4 is 5.32 Å². The molecule has 0 saturated heterocycles. The van der Waals surface area contributed by atoms with Crippen molar-refractivity contribution >= 4 is 29.0 Å². The number of amides is 1. The number of hydrogen-bond donors (Lipinski definition) is 2. The highest BCUT2D eigenvalue weighted by Crippen LogP contribution is 2.18. The van der Waals surface area contributed by atoms with Crippen LogP contribution in [0.15, 0.2) is 40.2 Å². The minimum atomic E-state index is -0.676. The van der Waals surface area contributed by atoms with Gasteiger partial charge in [0, 0.05) is 12.7 Å². The van der Waals surface area contributed by atoms with E-state index < -0.39 is 6.10 Å². The van der Waals surface area contributed by atoms with E-state index >= 15 is 0 Å². The Labute approximate surface area is 119 Å². The van der Waals surface area contributed by atoms with Crippen molar-refractivity contribution in [1.82, 2.24) is 10.3 Å². The van der Waals surface area contributed by atoms with E-state index in [2.05, 4.69) is 10.3 Å². The van der Waals surface area contributed by atoms with Crippen LogP contribution in [0.5, 0.6) is 0 Å². The van der Waals surface area contributed by atoms with Crippen molar-refractivity contribution in [3.8, 4) is 0 Å². The van der Waals surface area contributed by atoms with Gasteiger partial charge in [0.25, 0.3) is 5.91 Å². The maximum Gasteiger partial charge on any atom is 0.254 e. The van der Waals surface area contributed by atoms with Crippen LogP contribution in [0.1, 0.15) is 22.0 Å². The van der Waals surface area contributed by atoms with Gasteiger partial charge < -0.3 is 10.4 Å². The van der Waals surface area contributed by atoms with E-state index in [-0.39, 0.29) is 12.5 Å². The summed E-state index contributed by atoms with van der Waals surface area (Å²) in [6, 6.07) is 5.30. The standard InChI is InChI=1S/C13H14N2O2S2/c1-18-13-10(3-2-5-14-13)12(17)15-7-11(16)9-4-6-19-8-9/h2-6,8,11,16H,7H2,1H3,(H,15,17)/t11-/m1/s1. The number of rotatable bonds is 5. The summed E-state index contributed by atoms with van der Waals surface area (Å²) in [5, 5.41) is 17.1. The second-order valence-corrected chi connectivity index (χ2v) is 5.42. The highest BCUT2D eigenvalue weighted by molar-refractivity contribution is 7.98. The van der Waals surface area contributed by atoms with Gasteiger partial charge in [0.05, 0.1) is 11.7 Å². The second kappa shape index (κ2) is 6.70. The zero-order valence-electron chi connectivity index (χ0n) is 10.4. The van der Waals surface area contributed by atoms with Crippen LogP contribution in [-0.4, -0.2) is 28.8 Å². The summed E-state index contributed by atoms with van der Waals surface area (Å²) in [6.45, 7) is 0.193. The van der Waals surface area contributed by atoms with Crippen molar-refractivity contribution in [1.29, 1.82) is 0 Å². The lowest BCUT2D eigenvalue weighted by Gasteiger charge is -2.11. The van der Waals surface area contributed by atoms with Crippen molar-refractivity contribution < 1.29 is 9.90 Å². The Morgan fingerprint density at radius 1 is 1.58 bits per heavy atom. The normalized spacial score (nSPS) is 12.1. The fourth-order valence-electron chi connectivity index (χ4n) is 1.59. The number of aliphatic hydroxyl groups excluding tert-OH is 1. The quantitative estimate of drug-likeness (QED) is 0.831. The van der Waals surface area contributed by atoms with Crippen LogP contribution in [0.3, 0.4) is 0 Å². The molecule has 0 aliphatic heterocycles. The molecule has 2 aromatic rings. The van der Waals surface area contributed by atoms with Crippen molar-refractivity contribution in [2.24, 2.45) is 0 Å². The Kier molecular flexibility index (Phi) is 4.95. The van der Waals surface area contributed by atoms with Gasteiger partial charge in [0.2, 0.25) is 0 Å². The van der Waals surface area contributed by atoms with Crippen LogP contribution in [0.25, 0.3) is 0 Å². The van der Waals surface area contributed by atoms with Gasteiger partial charge in [-0.25, -0.2) is 4.98 Å². The molecule has 0 aliphatic rings. The van der Waals surface area contributed by atoms with Crippen LogP contribution >= 0.6 is 23.1 Å². The third-order valence-electron chi connectivity index (χ3n) is 2.59. The molecule has 0 aromatic carbocycles. The summed E-state index contributed by atoms with van der Waals surface area (Å²) in [6.07, 6.45) is 2.85. The molecule has 0 bridgehead atoms. The average Bonchev–Trinajstić information content (AvgIpc) is 2.98. The van der Waals surface area contributed by atoms with E-state index in [1.54, 1.807) is 18.3 Å². The molecule has 0 spiro atoms. The van der Waals surface area contributed by atoms with Gasteiger partial charge in [-0.1, -0.05) is 0 Å². The minimum absolute atomic E-state index is 0.193. The van der Waals surface area contributed by atoms with Gasteiger partial charge in [0.15, 0.2) is 0 Å². The zero-order chi connectivity index (χ0) is 13.7. The molecular weight excluding hydrogens is 280 g/mol. The maximum absolute atomic E-state index is 12.0. The van der Waals surface area contributed by atoms with Crippen molar-refractivity contribution in [2.45, 2.75) is 11.1 Å². The first kappa shape index (κ1) is 14.0. The number of nitrogens with one attached hydrogen (secondary N) is 1. The number of carbonyl (C=O) groups is 1. The lowest BCUT2D eigenvalue weighted by atomic mass is 10.2. The molecule has 6 heteroatoms. The van der Waals surface area contributed by atoms with Crippen molar-refractivity contribution in [3.05, 3.63) is 46.3 Å².